The number of nitrogens with one attached hydrogen (secondary N) is 1. The van der Waals surface area contributed by atoms with E-state index in [1.165, 1.54) is 11.3 Å². The molecule has 0 saturated carbocycles. The average molecular weight is 318 g/mol. The van der Waals surface area contributed by atoms with Gasteiger partial charge in [-0.15, -0.1) is 11.3 Å². The van der Waals surface area contributed by atoms with E-state index in [0.29, 0.717) is 22.9 Å². The van der Waals surface area contributed by atoms with Crippen molar-refractivity contribution in [2.75, 3.05) is 11.9 Å². The van der Waals surface area contributed by atoms with Gasteiger partial charge in [0.1, 0.15) is 22.5 Å². The first-order valence-electron chi connectivity index (χ1n) is 7.26. The predicted molar refractivity (Wildman–Crippen MR) is 86.2 cm³/mol. The SMILES string of the molecule is CCOc1cc2c(cc1NC(=O)c1scnc1C)O[C@H](C)C2. The van der Waals surface area contributed by atoms with Crippen LogP contribution in [-0.4, -0.2) is 23.6 Å². The Labute approximate surface area is 133 Å². The van der Waals surface area contributed by atoms with Crippen molar-refractivity contribution in [1.29, 1.82) is 0 Å². The number of carbonyl (C=O) groups is 1. The molecule has 1 amide bonds. The Kier molecular flexibility index (Phi) is 4.02. The van der Waals surface area contributed by atoms with Crippen molar-refractivity contribution >= 4 is 22.9 Å². The third-order valence-electron chi connectivity index (χ3n) is 3.50. The maximum atomic E-state index is 12.4. The lowest BCUT2D eigenvalue weighted by Crippen LogP contribution is -2.13. The number of hydrogen-bond acceptors (Lipinski definition) is 5. The Hall–Kier alpha value is -2.08. The van der Waals surface area contributed by atoms with Crippen molar-refractivity contribution in [3.63, 3.8) is 0 Å². The van der Waals surface area contributed by atoms with Crippen molar-refractivity contribution in [2.24, 2.45) is 0 Å². The van der Waals surface area contributed by atoms with Crippen LogP contribution in [0.2, 0.25) is 0 Å². The third kappa shape index (κ3) is 2.78. The van der Waals surface area contributed by atoms with Gasteiger partial charge >= 0.3 is 0 Å². The fourth-order valence-electron chi connectivity index (χ4n) is 2.51. The number of nitrogens with zero attached hydrogens (tertiary/aromatic N) is 1. The minimum absolute atomic E-state index is 0.152. The van der Waals surface area contributed by atoms with Crippen molar-refractivity contribution in [1.82, 2.24) is 4.98 Å². The summed E-state index contributed by atoms with van der Waals surface area (Å²) >= 11 is 1.33. The van der Waals surface area contributed by atoms with E-state index >= 15 is 0 Å². The van der Waals surface area contributed by atoms with Crippen LogP contribution in [0.4, 0.5) is 5.69 Å². The average Bonchev–Trinajstić information content (AvgIpc) is 3.04. The van der Waals surface area contributed by atoms with Gasteiger partial charge in [0.15, 0.2) is 0 Å². The zero-order chi connectivity index (χ0) is 15.7. The third-order valence-corrected chi connectivity index (χ3v) is 4.43. The number of carbonyl (C=O) groups excluding carboxylic acids is 1. The van der Waals surface area contributed by atoms with E-state index in [2.05, 4.69) is 10.3 Å². The molecular weight excluding hydrogens is 300 g/mol. The Balaban J connectivity index is 1.91. The number of hydrogen-bond donors (Lipinski definition) is 1. The molecule has 22 heavy (non-hydrogen) atoms. The molecule has 1 atom stereocenters. The highest BCUT2D eigenvalue weighted by molar-refractivity contribution is 7.12. The highest BCUT2D eigenvalue weighted by atomic mass is 32.1. The molecule has 0 fully saturated rings. The standard InChI is InChI=1S/C16H18N2O3S/c1-4-20-14-6-11-5-9(2)21-13(11)7-12(14)18-16(19)15-10(3)17-8-22-15/h6-9H,4-5H2,1-3H3,(H,18,19)/t9-/m1/s1. The van der Waals surface area contributed by atoms with Crippen molar-refractivity contribution < 1.29 is 14.3 Å². The van der Waals surface area contributed by atoms with Gasteiger partial charge in [-0.1, -0.05) is 0 Å². The van der Waals surface area contributed by atoms with Gasteiger partial charge in [-0.05, 0) is 26.8 Å². The van der Waals surface area contributed by atoms with E-state index in [1.54, 1.807) is 5.51 Å². The van der Waals surface area contributed by atoms with Crippen molar-refractivity contribution in [2.45, 2.75) is 33.3 Å². The first-order valence-corrected chi connectivity index (χ1v) is 8.14. The Morgan fingerprint density at radius 1 is 1.55 bits per heavy atom. The van der Waals surface area contributed by atoms with Gasteiger partial charge < -0.3 is 14.8 Å². The van der Waals surface area contributed by atoms with Crippen LogP contribution in [-0.2, 0) is 6.42 Å². The van der Waals surface area contributed by atoms with Crippen LogP contribution in [0, 0.1) is 6.92 Å². The second kappa shape index (κ2) is 5.96. The van der Waals surface area contributed by atoms with E-state index in [9.17, 15) is 4.79 Å². The van der Waals surface area contributed by atoms with Gasteiger partial charge in [-0.2, -0.15) is 0 Å². The summed E-state index contributed by atoms with van der Waals surface area (Å²) in [5.41, 5.74) is 4.14. The molecule has 0 radical (unpaired) electrons. The number of ether oxygens (including phenoxy) is 2. The fourth-order valence-corrected chi connectivity index (χ4v) is 3.21. The first-order chi connectivity index (χ1) is 10.6. The molecule has 3 rings (SSSR count). The summed E-state index contributed by atoms with van der Waals surface area (Å²) in [5, 5.41) is 2.91. The molecule has 2 aromatic rings. The summed E-state index contributed by atoms with van der Waals surface area (Å²) in [6.45, 7) is 6.31. The van der Waals surface area contributed by atoms with Gasteiger partial charge in [-0.25, -0.2) is 4.98 Å². The molecule has 5 nitrogen and oxygen atoms in total. The number of anilines is 1. The highest BCUT2D eigenvalue weighted by Gasteiger charge is 2.23. The Morgan fingerprint density at radius 3 is 3.05 bits per heavy atom. The largest absolute Gasteiger partial charge is 0.492 e. The molecule has 1 aromatic heterocycles. The quantitative estimate of drug-likeness (QED) is 0.938. The maximum Gasteiger partial charge on any atom is 0.267 e. The second-order valence-electron chi connectivity index (χ2n) is 5.24. The van der Waals surface area contributed by atoms with Crippen LogP contribution in [0.5, 0.6) is 11.5 Å². The molecule has 0 unspecified atom stereocenters. The van der Waals surface area contributed by atoms with Crippen LogP contribution in [0.25, 0.3) is 0 Å². The molecule has 6 heteroatoms. The molecule has 1 aliphatic rings. The monoisotopic (exact) mass is 318 g/mol. The zero-order valence-electron chi connectivity index (χ0n) is 12.8. The van der Waals surface area contributed by atoms with Crippen LogP contribution in [0.1, 0.15) is 34.8 Å². The highest BCUT2D eigenvalue weighted by Crippen LogP contribution is 2.38. The Morgan fingerprint density at radius 2 is 2.36 bits per heavy atom. The van der Waals surface area contributed by atoms with Gasteiger partial charge in [0.25, 0.3) is 5.91 Å². The lowest BCUT2D eigenvalue weighted by Gasteiger charge is -2.13. The normalized spacial score (nSPS) is 16.0. The Bertz CT molecular complexity index is 711. The summed E-state index contributed by atoms with van der Waals surface area (Å²) in [4.78, 5) is 17.1. The van der Waals surface area contributed by atoms with E-state index in [-0.39, 0.29) is 12.0 Å². The molecule has 1 aromatic carbocycles. The molecule has 0 saturated heterocycles. The molecule has 1 N–H and O–H groups in total. The maximum absolute atomic E-state index is 12.4. The number of aromatic nitrogens is 1. The lowest BCUT2D eigenvalue weighted by atomic mass is 10.1. The van der Waals surface area contributed by atoms with E-state index in [0.717, 1.165) is 23.4 Å². The van der Waals surface area contributed by atoms with Gasteiger partial charge in [0.2, 0.25) is 0 Å². The number of benzene rings is 1. The van der Waals surface area contributed by atoms with Gasteiger partial charge in [-0.3, -0.25) is 4.79 Å². The van der Waals surface area contributed by atoms with E-state index < -0.39 is 0 Å². The van der Waals surface area contributed by atoms with Crippen molar-refractivity contribution in [3.8, 4) is 11.5 Å². The first kappa shape index (κ1) is 14.8. The van der Waals surface area contributed by atoms with Crippen LogP contribution >= 0.6 is 11.3 Å². The zero-order valence-corrected chi connectivity index (χ0v) is 13.6. The molecular formula is C16H18N2O3S. The summed E-state index contributed by atoms with van der Waals surface area (Å²) in [5.74, 6) is 1.31. The van der Waals surface area contributed by atoms with E-state index in [4.69, 9.17) is 9.47 Å². The van der Waals surface area contributed by atoms with Crippen LogP contribution < -0.4 is 14.8 Å². The predicted octanol–water partition coefficient (Wildman–Crippen LogP) is 3.43. The fraction of sp³-hybridized carbons (Fsp3) is 0.375. The number of thiazole rings is 1. The topological polar surface area (TPSA) is 60.5 Å². The summed E-state index contributed by atoms with van der Waals surface area (Å²) in [6.07, 6.45) is 1.01. The summed E-state index contributed by atoms with van der Waals surface area (Å²) in [7, 11) is 0. The molecule has 0 aliphatic carbocycles. The number of fused-ring (bicyclic) bond motifs is 1. The van der Waals surface area contributed by atoms with Gasteiger partial charge in [0.05, 0.1) is 23.5 Å². The van der Waals surface area contributed by atoms with Crippen LogP contribution in [0.15, 0.2) is 17.6 Å². The number of aryl methyl sites for hydroxylation is 1. The number of rotatable bonds is 4. The van der Waals surface area contributed by atoms with Crippen LogP contribution in [0.3, 0.4) is 0 Å². The summed E-state index contributed by atoms with van der Waals surface area (Å²) < 4.78 is 11.4. The molecule has 0 bridgehead atoms. The van der Waals surface area contributed by atoms with E-state index in [1.807, 2.05) is 32.9 Å². The smallest absolute Gasteiger partial charge is 0.267 e. The number of amides is 1. The second-order valence-corrected chi connectivity index (χ2v) is 6.10. The minimum atomic E-state index is -0.174. The lowest BCUT2D eigenvalue weighted by molar-refractivity contribution is 0.102. The molecule has 116 valence electrons. The summed E-state index contributed by atoms with van der Waals surface area (Å²) in [6, 6.07) is 3.80. The molecule has 0 spiro atoms. The molecule has 2 heterocycles. The van der Waals surface area contributed by atoms with Crippen molar-refractivity contribution in [3.05, 3.63) is 33.8 Å². The molecule has 1 aliphatic heterocycles. The minimum Gasteiger partial charge on any atom is -0.492 e. The van der Waals surface area contributed by atoms with Gasteiger partial charge in [0, 0.05) is 18.1 Å².